The fraction of sp³-hybridized carbons (Fsp3) is 0.938. The topological polar surface area (TPSA) is 47.6 Å². The number of halogens is 2. The van der Waals surface area contributed by atoms with E-state index < -0.39 is 0 Å². The van der Waals surface area contributed by atoms with E-state index in [4.69, 9.17) is 0 Å². The Morgan fingerprint density at radius 1 is 0.957 bits per heavy atom. The second-order valence-electron chi connectivity index (χ2n) is 6.78. The monoisotopic (exact) mass is 366 g/mol. The predicted octanol–water partition coefficient (Wildman–Crippen LogP) is 1.26. The molecule has 2 N–H and O–H groups in total. The molecule has 2 saturated heterocycles. The van der Waals surface area contributed by atoms with E-state index >= 15 is 0 Å². The van der Waals surface area contributed by atoms with Gasteiger partial charge in [-0.1, -0.05) is 12.8 Å². The highest BCUT2D eigenvalue weighted by molar-refractivity contribution is 5.86. The lowest BCUT2D eigenvalue weighted by Crippen LogP contribution is -2.57. The second-order valence-corrected chi connectivity index (χ2v) is 6.78. The summed E-state index contributed by atoms with van der Waals surface area (Å²) in [5.41, 5.74) is -0.167. The summed E-state index contributed by atoms with van der Waals surface area (Å²) in [5, 5.41) is 6.61. The van der Waals surface area contributed by atoms with Crippen LogP contribution in [0.15, 0.2) is 0 Å². The van der Waals surface area contributed by atoms with Crippen molar-refractivity contribution in [3.8, 4) is 0 Å². The van der Waals surface area contributed by atoms with Gasteiger partial charge < -0.3 is 10.6 Å². The number of carbonyl (C=O) groups is 1. The summed E-state index contributed by atoms with van der Waals surface area (Å²) in [4.78, 5) is 17.7. The van der Waals surface area contributed by atoms with Crippen molar-refractivity contribution in [1.82, 2.24) is 20.4 Å². The van der Waals surface area contributed by atoms with Crippen LogP contribution >= 0.6 is 24.8 Å². The van der Waals surface area contributed by atoms with Crippen LogP contribution in [0.25, 0.3) is 0 Å². The molecule has 136 valence electrons. The van der Waals surface area contributed by atoms with Gasteiger partial charge in [0, 0.05) is 39.3 Å². The van der Waals surface area contributed by atoms with Crippen LogP contribution in [0.3, 0.4) is 0 Å². The first kappa shape index (κ1) is 21.0. The highest BCUT2D eigenvalue weighted by Gasteiger charge is 2.46. The Hall–Kier alpha value is -0.0700. The Labute approximate surface area is 152 Å². The van der Waals surface area contributed by atoms with Gasteiger partial charge in [0.05, 0.1) is 0 Å². The molecule has 1 amide bonds. The molecular formula is C16H32Cl2N4O. The SMILES string of the molecule is Cl.Cl.O=C(NCCN1CCNCC1)C1(N2CCCC2)CCCC1. The molecule has 0 radical (unpaired) electrons. The van der Waals surface area contributed by atoms with Crippen molar-refractivity contribution in [2.75, 3.05) is 52.4 Å². The van der Waals surface area contributed by atoms with Crippen LogP contribution < -0.4 is 10.6 Å². The lowest BCUT2D eigenvalue weighted by molar-refractivity contribution is -0.132. The molecule has 5 nitrogen and oxygen atoms in total. The maximum Gasteiger partial charge on any atom is 0.240 e. The van der Waals surface area contributed by atoms with Gasteiger partial charge >= 0.3 is 0 Å². The molecule has 0 bridgehead atoms. The van der Waals surface area contributed by atoms with Crippen LogP contribution in [-0.2, 0) is 4.79 Å². The summed E-state index contributed by atoms with van der Waals surface area (Å²) in [6, 6.07) is 0. The molecule has 0 aromatic rings. The van der Waals surface area contributed by atoms with E-state index in [0.717, 1.165) is 65.2 Å². The molecule has 2 heterocycles. The zero-order chi connectivity index (χ0) is 14.5. The fourth-order valence-corrected chi connectivity index (χ4v) is 4.22. The summed E-state index contributed by atoms with van der Waals surface area (Å²) in [5.74, 6) is 0.303. The third-order valence-electron chi connectivity index (χ3n) is 5.49. The van der Waals surface area contributed by atoms with Crippen molar-refractivity contribution < 1.29 is 4.79 Å². The normalized spacial score (nSPS) is 24.7. The Bertz CT molecular complexity index is 352. The quantitative estimate of drug-likeness (QED) is 0.768. The van der Waals surface area contributed by atoms with E-state index in [9.17, 15) is 4.79 Å². The average Bonchev–Trinajstić information content (AvgIpc) is 3.20. The minimum Gasteiger partial charge on any atom is -0.353 e. The molecule has 1 aliphatic carbocycles. The average molecular weight is 367 g/mol. The number of nitrogens with zero attached hydrogens (tertiary/aromatic N) is 2. The van der Waals surface area contributed by atoms with Crippen molar-refractivity contribution in [2.45, 2.75) is 44.1 Å². The fourth-order valence-electron chi connectivity index (χ4n) is 4.22. The Balaban J connectivity index is 0.00000132. The molecule has 0 spiro atoms. The highest BCUT2D eigenvalue weighted by Crippen LogP contribution is 2.37. The van der Waals surface area contributed by atoms with E-state index in [2.05, 4.69) is 20.4 Å². The van der Waals surface area contributed by atoms with Crippen molar-refractivity contribution in [3.05, 3.63) is 0 Å². The number of rotatable bonds is 5. The van der Waals surface area contributed by atoms with Gasteiger partial charge in [-0.25, -0.2) is 0 Å². The first-order valence-electron chi connectivity index (χ1n) is 8.78. The standard InChI is InChI=1S/C16H30N4O.2ClH/c21-15(18-9-14-19-12-7-17-8-13-19)16(5-1-2-6-16)20-10-3-4-11-20;;/h17H,1-14H2,(H,18,21);2*1H. The molecule has 2 aliphatic heterocycles. The first-order chi connectivity index (χ1) is 10.3. The summed E-state index contributed by atoms with van der Waals surface area (Å²) in [6.07, 6.45) is 7.06. The maximum absolute atomic E-state index is 12.8. The third-order valence-corrected chi connectivity index (χ3v) is 5.49. The Kier molecular flexibility index (Phi) is 9.16. The molecule has 0 atom stereocenters. The molecule has 1 saturated carbocycles. The summed E-state index contributed by atoms with van der Waals surface area (Å²) >= 11 is 0. The molecule has 3 fully saturated rings. The molecule has 23 heavy (non-hydrogen) atoms. The number of hydrogen-bond acceptors (Lipinski definition) is 4. The van der Waals surface area contributed by atoms with Gasteiger partial charge in [-0.2, -0.15) is 0 Å². The second kappa shape index (κ2) is 10.0. The lowest BCUT2D eigenvalue weighted by atomic mass is 9.94. The van der Waals surface area contributed by atoms with Crippen molar-refractivity contribution >= 4 is 30.7 Å². The number of piperazine rings is 1. The molecule has 3 aliphatic rings. The summed E-state index contributed by atoms with van der Waals surface area (Å²) in [6.45, 7) is 8.38. The van der Waals surface area contributed by atoms with Gasteiger partial charge in [-0.3, -0.25) is 14.6 Å². The van der Waals surface area contributed by atoms with Gasteiger partial charge in [-0.05, 0) is 38.8 Å². The van der Waals surface area contributed by atoms with E-state index in [1.54, 1.807) is 0 Å². The number of hydrogen-bond donors (Lipinski definition) is 2. The Morgan fingerprint density at radius 2 is 1.57 bits per heavy atom. The molecule has 3 rings (SSSR count). The summed E-state index contributed by atoms with van der Waals surface area (Å²) < 4.78 is 0. The van der Waals surface area contributed by atoms with E-state index in [1.165, 1.54) is 25.7 Å². The van der Waals surface area contributed by atoms with Gasteiger partial charge in [0.2, 0.25) is 5.91 Å². The Morgan fingerprint density at radius 3 is 2.17 bits per heavy atom. The summed E-state index contributed by atoms with van der Waals surface area (Å²) in [7, 11) is 0. The van der Waals surface area contributed by atoms with Crippen LogP contribution in [0.1, 0.15) is 38.5 Å². The number of carbonyl (C=O) groups excluding carboxylic acids is 1. The smallest absolute Gasteiger partial charge is 0.240 e. The molecule has 7 heteroatoms. The van der Waals surface area contributed by atoms with Crippen LogP contribution in [0, 0.1) is 0 Å². The van der Waals surface area contributed by atoms with Crippen molar-refractivity contribution in [2.24, 2.45) is 0 Å². The van der Waals surface area contributed by atoms with Gasteiger partial charge in [0.1, 0.15) is 5.54 Å². The maximum atomic E-state index is 12.8. The van der Waals surface area contributed by atoms with Gasteiger partial charge in [-0.15, -0.1) is 24.8 Å². The van der Waals surface area contributed by atoms with Crippen molar-refractivity contribution in [3.63, 3.8) is 0 Å². The highest BCUT2D eigenvalue weighted by atomic mass is 35.5. The minimum absolute atomic E-state index is 0. The number of likely N-dealkylation sites (tertiary alicyclic amines) is 1. The van der Waals surface area contributed by atoms with E-state index in [-0.39, 0.29) is 30.4 Å². The number of amides is 1. The van der Waals surface area contributed by atoms with E-state index in [1.807, 2.05) is 0 Å². The molecule has 0 unspecified atom stereocenters. The van der Waals surface area contributed by atoms with Crippen LogP contribution in [-0.4, -0.2) is 73.6 Å². The minimum atomic E-state index is -0.167. The zero-order valence-corrected chi connectivity index (χ0v) is 15.7. The van der Waals surface area contributed by atoms with E-state index in [0.29, 0.717) is 5.91 Å². The zero-order valence-electron chi connectivity index (χ0n) is 14.0. The third kappa shape index (κ3) is 4.95. The number of nitrogens with one attached hydrogen (secondary N) is 2. The van der Waals surface area contributed by atoms with Crippen LogP contribution in [0.5, 0.6) is 0 Å². The van der Waals surface area contributed by atoms with Gasteiger partial charge in [0.25, 0.3) is 0 Å². The van der Waals surface area contributed by atoms with Gasteiger partial charge in [0.15, 0.2) is 0 Å². The van der Waals surface area contributed by atoms with Crippen LogP contribution in [0.2, 0.25) is 0 Å². The largest absolute Gasteiger partial charge is 0.353 e. The first-order valence-corrected chi connectivity index (χ1v) is 8.78. The molecule has 0 aromatic heterocycles. The molecule has 0 aromatic carbocycles. The van der Waals surface area contributed by atoms with Crippen LogP contribution in [0.4, 0.5) is 0 Å². The molecular weight excluding hydrogens is 335 g/mol. The van der Waals surface area contributed by atoms with Crippen molar-refractivity contribution in [1.29, 1.82) is 0 Å². The lowest BCUT2D eigenvalue weighted by Gasteiger charge is -2.37. The predicted molar refractivity (Wildman–Crippen MR) is 98.8 cm³/mol.